The van der Waals surface area contributed by atoms with Gasteiger partial charge < -0.3 is 4.57 Å². The van der Waals surface area contributed by atoms with Gasteiger partial charge in [-0.15, -0.1) is 5.10 Å². The second kappa shape index (κ2) is 7.31. The molecule has 2 aromatic carbocycles. The van der Waals surface area contributed by atoms with Gasteiger partial charge in [0.1, 0.15) is 0 Å². The Labute approximate surface area is 149 Å². The first-order chi connectivity index (χ1) is 12.4. The maximum absolute atomic E-state index is 4.46. The quantitative estimate of drug-likeness (QED) is 0.501. The summed E-state index contributed by atoms with van der Waals surface area (Å²) in [5.41, 5.74) is 2.20. The summed E-state index contributed by atoms with van der Waals surface area (Å²) in [5.74, 6) is 1.44. The van der Waals surface area contributed by atoms with Gasteiger partial charge in [0.05, 0.1) is 11.4 Å². The average Bonchev–Trinajstić information content (AvgIpc) is 3.31. The van der Waals surface area contributed by atoms with Gasteiger partial charge in [0.15, 0.2) is 11.0 Å². The lowest BCUT2D eigenvalue weighted by Crippen LogP contribution is -2.03. The molecule has 6 nitrogen and oxygen atoms in total. The van der Waals surface area contributed by atoms with Crippen LogP contribution in [0.15, 0.2) is 78.2 Å². The van der Waals surface area contributed by atoms with E-state index in [4.69, 9.17) is 0 Å². The van der Waals surface area contributed by atoms with Gasteiger partial charge in [-0.05, 0) is 28.1 Å². The number of imidazole rings is 1. The van der Waals surface area contributed by atoms with Crippen LogP contribution in [0.1, 0.15) is 11.4 Å². The van der Waals surface area contributed by atoms with Crippen molar-refractivity contribution in [3.05, 3.63) is 84.4 Å². The van der Waals surface area contributed by atoms with Gasteiger partial charge >= 0.3 is 0 Å². The molecule has 0 atom stereocenters. The lowest BCUT2D eigenvalue weighted by Gasteiger charge is -2.08. The molecule has 0 fully saturated rings. The van der Waals surface area contributed by atoms with E-state index in [9.17, 15) is 0 Å². The van der Waals surface area contributed by atoms with Crippen molar-refractivity contribution in [2.24, 2.45) is 0 Å². The van der Waals surface area contributed by atoms with Crippen molar-refractivity contribution in [3.63, 3.8) is 0 Å². The molecule has 4 aromatic rings. The van der Waals surface area contributed by atoms with Gasteiger partial charge in [-0.25, -0.2) is 4.98 Å². The molecule has 0 aliphatic rings. The predicted octanol–water partition coefficient (Wildman–Crippen LogP) is 3.20. The third-order valence-electron chi connectivity index (χ3n) is 3.74. The first-order valence-electron chi connectivity index (χ1n) is 7.91. The number of hydrogen-bond acceptors (Lipinski definition) is 5. The Morgan fingerprint density at radius 1 is 0.920 bits per heavy atom. The summed E-state index contributed by atoms with van der Waals surface area (Å²) in [6.07, 6.45) is 3.82. The van der Waals surface area contributed by atoms with Crippen molar-refractivity contribution >= 4 is 11.8 Å². The molecule has 0 N–H and O–H groups in total. The number of hydrogen-bond donors (Lipinski definition) is 0. The Morgan fingerprint density at radius 2 is 1.68 bits per heavy atom. The molecule has 0 saturated carbocycles. The van der Waals surface area contributed by atoms with Gasteiger partial charge in [0.25, 0.3) is 0 Å². The van der Waals surface area contributed by atoms with Crippen molar-refractivity contribution in [1.82, 2.24) is 29.8 Å². The van der Waals surface area contributed by atoms with E-state index in [0.717, 1.165) is 23.2 Å². The Bertz CT molecular complexity index is 932. The van der Waals surface area contributed by atoms with Gasteiger partial charge in [-0.3, -0.25) is 0 Å². The molecule has 25 heavy (non-hydrogen) atoms. The minimum atomic E-state index is 0.647. The maximum Gasteiger partial charge on any atom is 0.168 e. The van der Waals surface area contributed by atoms with E-state index >= 15 is 0 Å². The van der Waals surface area contributed by atoms with Crippen LogP contribution in [0.5, 0.6) is 0 Å². The highest BCUT2D eigenvalue weighted by atomic mass is 32.2. The van der Waals surface area contributed by atoms with E-state index in [1.807, 2.05) is 60.9 Å². The number of rotatable bonds is 6. The first kappa shape index (κ1) is 15.6. The zero-order valence-electron chi connectivity index (χ0n) is 13.4. The molecule has 0 saturated heterocycles. The summed E-state index contributed by atoms with van der Waals surface area (Å²) in [4.78, 5) is 4.46. The van der Waals surface area contributed by atoms with Crippen LogP contribution >= 0.6 is 11.8 Å². The number of aromatic nitrogens is 6. The number of tetrazole rings is 1. The van der Waals surface area contributed by atoms with E-state index < -0.39 is 0 Å². The third-order valence-corrected chi connectivity index (χ3v) is 4.74. The second-order valence-corrected chi connectivity index (χ2v) is 6.40. The van der Waals surface area contributed by atoms with Crippen LogP contribution in [0.4, 0.5) is 0 Å². The summed E-state index contributed by atoms with van der Waals surface area (Å²) in [6.45, 7) is 0.798. The molecule has 0 unspecified atom stereocenters. The smallest absolute Gasteiger partial charge is 0.168 e. The van der Waals surface area contributed by atoms with Crippen LogP contribution in [0.2, 0.25) is 0 Å². The van der Waals surface area contributed by atoms with Crippen LogP contribution in [0.3, 0.4) is 0 Å². The Balaban J connectivity index is 1.49. The van der Waals surface area contributed by atoms with Gasteiger partial charge in [0, 0.05) is 18.9 Å². The SMILES string of the molecule is c1ccc(Cn2ccnc2SCc2nnnn2-c2ccccc2)cc1. The Hall–Kier alpha value is -2.93. The fourth-order valence-electron chi connectivity index (χ4n) is 2.53. The van der Waals surface area contributed by atoms with Crippen LogP contribution in [-0.2, 0) is 12.3 Å². The summed E-state index contributed by atoms with van der Waals surface area (Å²) in [5, 5.41) is 13.0. The molecule has 0 aliphatic carbocycles. The Kier molecular flexibility index (Phi) is 4.56. The van der Waals surface area contributed by atoms with Crippen molar-refractivity contribution in [3.8, 4) is 5.69 Å². The minimum Gasteiger partial charge on any atom is -0.322 e. The summed E-state index contributed by atoms with van der Waals surface area (Å²) in [7, 11) is 0. The van der Waals surface area contributed by atoms with Crippen molar-refractivity contribution in [1.29, 1.82) is 0 Å². The van der Waals surface area contributed by atoms with E-state index in [2.05, 4.69) is 37.2 Å². The molecule has 124 valence electrons. The molecule has 0 aliphatic heterocycles. The van der Waals surface area contributed by atoms with Crippen molar-refractivity contribution in [2.45, 2.75) is 17.5 Å². The minimum absolute atomic E-state index is 0.647. The summed E-state index contributed by atoms with van der Waals surface area (Å²) < 4.78 is 3.90. The monoisotopic (exact) mass is 348 g/mol. The molecule has 2 aromatic heterocycles. The molecule has 0 bridgehead atoms. The standard InChI is InChI=1S/C18H16N6S/c1-3-7-15(8-4-1)13-23-12-11-19-18(23)25-14-17-20-21-22-24(17)16-9-5-2-6-10-16/h1-12H,13-14H2. The molecule has 0 amide bonds. The lowest BCUT2D eigenvalue weighted by molar-refractivity contribution is 0.707. The Morgan fingerprint density at radius 3 is 2.48 bits per heavy atom. The van der Waals surface area contributed by atoms with Crippen LogP contribution in [0, 0.1) is 0 Å². The molecule has 0 spiro atoms. The van der Waals surface area contributed by atoms with Gasteiger partial charge in [0.2, 0.25) is 0 Å². The maximum atomic E-state index is 4.46. The number of benzene rings is 2. The normalized spacial score (nSPS) is 10.9. The van der Waals surface area contributed by atoms with Crippen LogP contribution in [0.25, 0.3) is 5.69 Å². The van der Waals surface area contributed by atoms with E-state index in [-0.39, 0.29) is 0 Å². The fraction of sp³-hybridized carbons (Fsp3) is 0.111. The first-order valence-corrected chi connectivity index (χ1v) is 8.89. The molecular weight excluding hydrogens is 332 g/mol. The van der Waals surface area contributed by atoms with Gasteiger partial charge in [-0.2, -0.15) is 4.68 Å². The summed E-state index contributed by atoms with van der Waals surface area (Å²) >= 11 is 1.63. The molecular formula is C18H16N6S. The molecule has 4 rings (SSSR count). The zero-order chi connectivity index (χ0) is 16.9. The van der Waals surface area contributed by atoms with Crippen molar-refractivity contribution in [2.75, 3.05) is 0 Å². The molecule has 7 heteroatoms. The highest BCUT2D eigenvalue weighted by Gasteiger charge is 2.11. The lowest BCUT2D eigenvalue weighted by atomic mass is 10.2. The number of nitrogens with zero attached hydrogens (tertiary/aromatic N) is 6. The van der Waals surface area contributed by atoms with Crippen LogP contribution < -0.4 is 0 Å². The largest absolute Gasteiger partial charge is 0.322 e. The highest BCUT2D eigenvalue weighted by molar-refractivity contribution is 7.98. The van der Waals surface area contributed by atoms with E-state index in [1.54, 1.807) is 16.4 Å². The summed E-state index contributed by atoms with van der Waals surface area (Å²) in [6, 6.07) is 20.2. The van der Waals surface area contributed by atoms with E-state index in [1.165, 1.54) is 5.56 Å². The number of thioether (sulfide) groups is 1. The van der Waals surface area contributed by atoms with E-state index in [0.29, 0.717) is 5.75 Å². The molecule has 2 heterocycles. The average molecular weight is 348 g/mol. The fourth-order valence-corrected chi connectivity index (χ4v) is 3.40. The zero-order valence-corrected chi connectivity index (χ0v) is 14.3. The highest BCUT2D eigenvalue weighted by Crippen LogP contribution is 2.22. The topological polar surface area (TPSA) is 61.4 Å². The second-order valence-electron chi connectivity index (χ2n) is 5.45. The number of para-hydroxylation sites is 1. The third kappa shape index (κ3) is 3.61. The van der Waals surface area contributed by atoms with Crippen LogP contribution in [-0.4, -0.2) is 29.8 Å². The molecule has 0 radical (unpaired) electrons. The van der Waals surface area contributed by atoms with Crippen molar-refractivity contribution < 1.29 is 0 Å². The van der Waals surface area contributed by atoms with Gasteiger partial charge in [-0.1, -0.05) is 60.3 Å². The predicted molar refractivity (Wildman–Crippen MR) is 96.5 cm³/mol.